The van der Waals surface area contributed by atoms with Gasteiger partial charge in [-0.05, 0) is 37.8 Å². The number of nitrogens with zero attached hydrogens (tertiary/aromatic N) is 1. The van der Waals surface area contributed by atoms with Gasteiger partial charge in [-0.2, -0.15) is 0 Å². The molecule has 1 aliphatic carbocycles. The highest BCUT2D eigenvalue weighted by molar-refractivity contribution is 5.42. The molecule has 0 radical (unpaired) electrons. The monoisotopic (exact) mass is 204 g/mol. The third-order valence-corrected chi connectivity index (χ3v) is 3.37. The molecule has 0 saturated heterocycles. The van der Waals surface area contributed by atoms with Crippen LogP contribution >= 0.6 is 0 Å². The third-order valence-electron chi connectivity index (χ3n) is 3.37. The van der Waals surface area contributed by atoms with Crippen molar-refractivity contribution in [3.05, 3.63) is 24.0 Å². The molecule has 0 spiro atoms. The fraction of sp³-hybridized carbons (Fsp3) is 0.615. The highest BCUT2D eigenvalue weighted by Crippen LogP contribution is 2.26. The van der Waals surface area contributed by atoms with Crippen LogP contribution in [0.4, 0.5) is 5.69 Å². The molecule has 2 nitrogen and oxygen atoms in total. The Morgan fingerprint density at radius 2 is 2.07 bits per heavy atom. The Morgan fingerprint density at radius 3 is 2.73 bits per heavy atom. The van der Waals surface area contributed by atoms with Crippen molar-refractivity contribution in [1.82, 2.24) is 4.98 Å². The molecule has 0 aliphatic heterocycles. The van der Waals surface area contributed by atoms with Crippen LogP contribution in [0, 0.1) is 12.8 Å². The molecule has 1 aliphatic rings. The largest absolute Gasteiger partial charge is 0.381 e. The normalized spacial score (nSPS) is 26.3. The number of hydrogen-bond donors (Lipinski definition) is 1. The summed E-state index contributed by atoms with van der Waals surface area (Å²) in [5.74, 6) is 0.792. The second kappa shape index (κ2) is 4.65. The molecule has 2 heteroatoms. The highest BCUT2D eigenvalue weighted by Gasteiger charge is 2.20. The zero-order valence-electron chi connectivity index (χ0n) is 9.66. The van der Waals surface area contributed by atoms with Crippen LogP contribution in [-0.2, 0) is 0 Å². The Labute approximate surface area is 92.1 Å². The minimum atomic E-state index is 0.642. The summed E-state index contributed by atoms with van der Waals surface area (Å²) in [7, 11) is 0. The van der Waals surface area contributed by atoms with Crippen molar-refractivity contribution in [2.75, 3.05) is 5.32 Å². The van der Waals surface area contributed by atoms with E-state index in [4.69, 9.17) is 0 Å². The van der Waals surface area contributed by atoms with Gasteiger partial charge in [0.15, 0.2) is 0 Å². The second-order valence-corrected chi connectivity index (χ2v) is 4.70. The maximum absolute atomic E-state index is 4.31. The number of rotatable bonds is 2. The van der Waals surface area contributed by atoms with Crippen molar-refractivity contribution in [1.29, 1.82) is 0 Å². The second-order valence-electron chi connectivity index (χ2n) is 4.70. The van der Waals surface area contributed by atoms with Crippen molar-refractivity contribution < 1.29 is 0 Å². The quantitative estimate of drug-likeness (QED) is 0.798. The molecule has 0 aromatic carbocycles. The smallest absolute Gasteiger partial charge is 0.0529 e. The number of aromatic nitrogens is 1. The van der Waals surface area contributed by atoms with Gasteiger partial charge in [0.1, 0.15) is 0 Å². The van der Waals surface area contributed by atoms with Crippen molar-refractivity contribution in [2.24, 2.45) is 5.92 Å². The SMILES string of the molecule is Cc1ccc(N[C@@H]2CCCC[C@H]2C)cn1. The highest BCUT2D eigenvalue weighted by atomic mass is 14.9. The summed E-state index contributed by atoms with van der Waals surface area (Å²) in [5.41, 5.74) is 2.25. The van der Waals surface area contributed by atoms with Gasteiger partial charge < -0.3 is 5.32 Å². The third kappa shape index (κ3) is 2.71. The Bertz CT molecular complexity index is 305. The van der Waals surface area contributed by atoms with Crippen LogP contribution in [0.25, 0.3) is 0 Å². The molecule has 1 heterocycles. The first-order valence-corrected chi connectivity index (χ1v) is 5.95. The Kier molecular flexibility index (Phi) is 3.24. The summed E-state index contributed by atoms with van der Waals surface area (Å²) < 4.78 is 0. The van der Waals surface area contributed by atoms with Crippen molar-refractivity contribution in [2.45, 2.75) is 45.6 Å². The average Bonchev–Trinajstić information content (AvgIpc) is 2.25. The van der Waals surface area contributed by atoms with Crippen LogP contribution in [0.2, 0.25) is 0 Å². The summed E-state index contributed by atoms with van der Waals surface area (Å²) in [5, 5.41) is 3.60. The van der Waals surface area contributed by atoms with Gasteiger partial charge in [0.05, 0.1) is 11.9 Å². The van der Waals surface area contributed by atoms with E-state index in [1.54, 1.807) is 0 Å². The van der Waals surface area contributed by atoms with E-state index in [-0.39, 0.29) is 0 Å². The van der Waals surface area contributed by atoms with Gasteiger partial charge in [0, 0.05) is 11.7 Å². The van der Waals surface area contributed by atoms with E-state index in [1.807, 2.05) is 13.1 Å². The van der Waals surface area contributed by atoms with E-state index < -0.39 is 0 Å². The predicted molar refractivity (Wildman–Crippen MR) is 64.0 cm³/mol. The first-order chi connectivity index (χ1) is 7.25. The lowest BCUT2D eigenvalue weighted by molar-refractivity contribution is 0.349. The van der Waals surface area contributed by atoms with Gasteiger partial charge >= 0.3 is 0 Å². The Balaban J connectivity index is 1.98. The molecule has 0 bridgehead atoms. The van der Waals surface area contributed by atoms with Crippen LogP contribution in [0.1, 0.15) is 38.3 Å². The van der Waals surface area contributed by atoms with Crippen LogP contribution in [-0.4, -0.2) is 11.0 Å². The van der Waals surface area contributed by atoms with Crippen molar-refractivity contribution >= 4 is 5.69 Å². The Morgan fingerprint density at radius 1 is 1.27 bits per heavy atom. The topological polar surface area (TPSA) is 24.9 Å². The van der Waals surface area contributed by atoms with Crippen LogP contribution in [0.5, 0.6) is 0 Å². The molecule has 15 heavy (non-hydrogen) atoms. The molecule has 82 valence electrons. The molecule has 1 aromatic rings. The molecule has 0 amide bonds. The van der Waals surface area contributed by atoms with Crippen LogP contribution in [0.15, 0.2) is 18.3 Å². The van der Waals surface area contributed by atoms with E-state index in [1.165, 1.54) is 31.4 Å². The summed E-state index contributed by atoms with van der Waals surface area (Å²) in [4.78, 5) is 4.31. The van der Waals surface area contributed by atoms with Crippen LogP contribution < -0.4 is 5.32 Å². The molecular weight excluding hydrogens is 184 g/mol. The molecule has 2 atom stereocenters. The average molecular weight is 204 g/mol. The van der Waals surface area contributed by atoms with E-state index in [0.29, 0.717) is 6.04 Å². The van der Waals surface area contributed by atoms with E-state index >= 15 is 0 Å². The predicted octanol–water partition coefficient (Wildman–Crippen LogP) is 3.38. The maximum atomic E-state index is 4.31. The lowest BCUT2D eigenvalue weighted by Gasteiger charge is -2.30. The minimum Gasteiger partial charge on any atom is -0.381 e. The molecular formula is C13H20N2. The van der Waals surface area contributed by atoms with Crippen LogP contribution in [0.3, 0.4) is 0 Å². The number of anilines is 1. The van der Waals surface area contributed by atoms with Crippen molar-refractivity contribution in [3.8, 4) is 0 Å². The maximum Gasteiger partial charge on any atom is 0.0529 e. The fourth-order valence-corrected chi connectivity index (χ4v) is 2.30. The summed E-state index contributed by atoms with van der Waals surface area (Å²) in [6, 6.07) is 4.84. The fourth-order valence-electron chi connectivity index (χ4n) is 2.30. The van der Waals surface area contributed by atoms with Gasteiger partial charge in [-0.25, -0.2) is 0 Å². The molecule has 2 rings (SSSR count). The molecule has 1 aromatic heterocycles. The standard InChI is InChI=1S/C13H20N2/c1-10-5-3-4-6-13(10)15-12-8-7-11(2)14-9-12/h7-10,13,15H,3-6H2,1-2H3/t10-,13-/m1/s1. The zero-order valence-corrected chi connectivity index (χ0v) is 9.66. The molecule has 0 unspecified atom stereocenters. The van der Waals surface area contributed by atoms with Gasteiger partial charge in [0.25, 0.3) is 0 Å². The van der Waals surface area contributed by atoms with Gasteiger partial charge in [-0.15, -0.1) is 0 Å². The number of pyridine rings is 1. The lowest BCUT2D eigenvalue weighted by atomic mass is 9.86. The summed E-state index contributed by atoms with van der Waals surface area (Å²) in [6.07, 6.45) is 7.36. The summed E-state index contributed by atoms with van der Waals surface area (Å²) >= 11 is 0. The number of aryl methyl sites for hydroxylation is 1. The minimum absolute atomic E-state index is 0.642. The van der Waals surface area contributed by atoms with E-state index in [0.717, 1.165) is 11.6 Å². The van der Waals surface area contributed by atoms with Gasteiger partial charge in [-0.1, -0.05) is 19.8 Å². The first kappa shape index (κ1) is 10.5. The first-order valence-electron chi connectivity index (χ1n) is 5.95. The molecule has 1 fully saturated rings. The molecule has 1 saturated carbocycles. The number of hydrogen-bond acceptors (Lipinski definition) is 2. The Hall–Kier alpha value is -1.05. The van der Waals surface area contributed by atoms with E-state index in [2.05, 4.69) is 29.4 Å². The van der Waals surface area contributed by atoms with E-state index in [9.17, 15) is 0 Å². The lowest BCUT2D eigenvalue weighted by Crippen LogP contribution is -2.30. The van der Waals surface area contributed by atoms with Gasteiger partial charge in [-0.3, -0.25) is 4.98 Å². The van der Waals surface area contributed by atoms with Crippen molar-refractivity contribution in [3.63, 3.8) is 0 Å². The van der Waals surface area contributed by atoms with Gasteiger partial charge in [0.2, 0.25) is 0 Å². The summed E-state index contributed by atoms with van der Waals surface area (Å²) in [6.45, 7) is 4.37. The zero-order chi connectivity index (χ0) is 10.7. The molecule has 1 N–H and O–H groups in total. The number of nitrogens with one attached hydrogen (secondary N) is 1.